The van der Waals surface area contributed by atoms with Crippen LogP contribution in [0.15, 0.2) is 11.6 Å². The Morgan fingerprint density at radius 1 is 0.358 bits per heavy atom. The van der Waals surface area contributed by atoms with E-state index >= 15 is 0 Å². The van der Waals surface area contributed by atoms with Crippen LogP contribution in [-0.4, -0.2) is 75.8 Å². The van der Waals surface area contributed by atoms with Crippen LogP contribution < -0.4 is 0 Å². The fraction of sp³-hybridized carbons (Fsp3) is 0.960. The first-order valence-corrected chi connectivity index (χ1v) is 46.7. The van der Waals surface area contributed by atoms with E-state index in [-0.39, 0.29) is 5.78 Å². The monoisotopic (exact) mass is 1520 g/mol. The van der Waals surface area contributed by atoms with E-state index in [0.717, 1.165) is 211 Å². The summed E-state index contributed by atoms with van der Waals surface area (Å²) in [6.45, 7) is 62.8. The molecule has 30 unspecified atom stereocenters. The maximum atomic E-state index is 11.1. The molecule has 30 atom stereocenters. The number of carbonyl (C=O) groups excluding carboxylic acids is 2. The lowest BCUT2D eigenvalue weighted by Crippen LogP contribution is -2.36. The normalized spacial score (nSPS) is 43.4. The van der Waals surface area contributed by atoms with Crippen molar-refractivity contribution in [3.8, 4) is 0 Å². The van der Waals surface area contributed by atoms with Gasteiger partial charge in [-0.25, -0.2) is 0 Å². The SMILES string of the molecule is CC(=O)/C=C1/CC2CC1C(C)C2(C)C.CC(=O)CC1CC2CC1C(C)C2(C)C.CC(C)(O)CC1CC2CC1CC2(C)C.CC(C)(O)CC1CC2CCC1C2.CC1C2CC(CC(C)(C)O)C(C2)C1C.CC1C2CC(CC2CC(C)(C)O)C1(C)C.CC1CC2CC(CC(C)(C)O)C1C2.CC1CC2CC1CC2CC(C)(C)O. The number of Topliss-reactive ketones (excluding diaryl/α,β-unsaturated/α-hetero) is 1. The van der Waals surface area contributed by atoms with E-state index < -0.39 is 33.6 Å². The van der Waals surface area contributed by atoms with Gasteiger partial charge in [0.05, 0.1) is 33.6 Å². The molecule has 0 radical (unpaired) electrons. The van der Waals surface area contributed by atoms with Gasteiger partial charge in [-0.1, -0.05) is 116 Å². The van der Waals surface area contributed by atoms with Crippen LogP contribution in [-0.2, 0) is 9.59 Å². The number of hydrogen-bond donors (Lipinski definition) is 6. The Kier molecular flexibility index (Phi) is 28.9. The Hall–Kier alpha value is -1.16. The van der Waals surface area contributed by atoms with E-state index in [4.69, 9.17) is 0 Å². The number of allylic oxidation sites excluding steroid dienone is 2. The van der Waals surface area contributed by atoms with Crippen molar-refractivity contribution in [3.63, 3.8) is 0 Å². The topological polar surface area (TPSA) is 156 Å². The lowest BCUT2D eigenvalue weighted by atomic mass is 9.65. The Labute approximate surface area is 673 Å². The molecule has 0 heterocycles. The molecule has 16 fully saturated rings. The number of aliphatic hydroxyl groups is 6. The lowest BCUT2D eigenvalue weighted by molar-refractivity contribution is -0.118. The van der Waals surface area contributed by atoms with Crippen LogP contribution in [0.25, 0.3) is 0 Å². The standard InChI is InChI=1S/C14H26O.2C13H24O.C13H22O.C13H20O.2C12H22O.C11H20O/c1-9-12-7-11(14(9,4)5)6-10(12)8-13(2,3)15;1-12(2)7-9-5-11(12)6-10(9)8-13(3,4)14;1-8-9(2)12-6-10(8)5-11(12)7-13(3,4)14;2*1-8(14)5-10-6-11-7-12(10)9(2)13(11,3)4;1-8-4-10-5-9(8)6-11(10)7-12(2,3)13;1-8-4-9-5-10(11(8)6-9)7-12(2,3)13;1-11(2,12)7-10-6-8-3-4-9(10)5-8/h9-12,15H,6-8H2,1-5H3;9-11,14H,5-8H2,1-4H3;8-12,14H,5-7H2,1-4H3;9-12H,5-7H2,1-4H3;5,9,11-12H,6-7H2,1-4H3;2*8-11,13H,4-7H2,1-3H3;8-10,12H,3-7H2,1-2H3/b;;;;10-5-;;;. The summed E-state index contributed by atoms with van der Waals surface area (Å²) in [7, 11) is 0. The molecule has 0 aliphatic heterocycles. The van der Waals surface area contributed by atoms with E-state index in [1.807, 2.05) is 89.2 Å². The number of hydrogen-bond acceptors (Lipinski definition) is 8. The van der Waals surface area contributed by atoms with Crippen LogP contribution >= 0.6 is 0 Å². The highest BCUT2D eigenvalue weighted by atomic mass is 16.3. The molecule has 0 amide bonds. The van der Waals surface area contributed by atoms with Crippen LogP contribution in [0.5, 0.6) is 0 Å². The highest BCUT2D eigenvalue weighted by molar-refractivity contribution is 5.88. The minimum absolute atomic E-state index is 0.220. The Morgan fingerprint density at radius 2 is 0.798 bits per heavy atom. The number of ketones is 2. The van der Waals surface area contributed by atoms with Gasteiger partial charge in [0.1, 0.15) is 5.78 Å². The Bertz CT molecular complexity index is 2960. The zero-order chi connectivity index (χ0) is 81.6. The second-order valence-electron chi connectivity index (χ2n) is 49.7. The molecule has 0 saturated heterocycles. The van der Waals surface area contributed by atoms with Crippen LogP contribution in [0.4, 0.5) is 0 Å². The van der Waals surface area contributed by atoms with Crippen molar-refractivity contribution in [1.82, 2.24) is 0 Å². The van der Waals surface area contributed by atoms with E-state index in [1.54, 1.807) is 13.8 Å². The summed E-state index contributed by atoms with van der Waals surface area (Å²) in [5.74, 6) is 26.8. The van der Waals surface area contributed by atoms with Crippen molar-refractivity contribution in [2.24, 2.45) is 199 Å². The summed E-state index contributed by atoms with van der Waals surface area (Å²) in [4.78, 5) is 22.2. The molecule has 109 heavy (non-hydrogen) atoms. The van der Waals surface area contributed by atoms with Crippen molar-refractivity contribution in [3.05, 3.63) is 11.6 Å². The average molecular weight is 1520 g/mol. The molecule has 0 spiro atoms. The van der Waals surface area contributed by atoms with Gasteiger partial charge >= 0.3 is 0 Å². The molecule has 16 rings (SSSR count). The second-order valence-corrected chi connectivity index (χ2v) is 49.7. The fourth-order valence-corrected chi connectivity index (χ4v) is 29.9. The smallest absolute Gasteiger partial charge is 0.152 e. The van der Waals surface area contributed by atoms with E-state index in [9.17, 15) is 40.2 Å². The van der Waals surface area contributed by atoms with E-state index in [0.29, 0.717) is 39.3 Å². The quantitative estimate of drug-likeness (QED) is 0.0886. The molecule has 6 N–H and O–H groups in total. The van der Waals surface area contributed by atoms with Crippen molar-refractivity contribution >= 4 is 11.6 Å². The zero-order valence-corrected chi connectivity index (χ0v) is 76.7. The van der Waals surface area contributed by atoms with Gasteiger partial charge in [0, 0.05) is 6.42 Å². The van der Waals surface area contributed by atoms with Gasteiger partial charge in [0.15, 0.2) is 5.78 Å². The summed E-state index contributed by atoms with van der Waals surface area (Å²) >= 11 is 0. The van der Waals surface area contributed by atoms with Gasteiger partial charge in [-0.2, -0.15) is 0 Å². The van der Waals surface area contributed by atoms with E-state index in [2.05, 4.69) is 104 Å². The second kappa shape index (κ2) is 34.3. The molecular formula is C101H180O8. The molecule has 16 aliphatic rings. The molecule has 0 aromatic carbocycles. The molecule has 0 aromatic heterocycles. The highest BCUT2D eigenvalue weighted by Gasteiger charge is 2.58. The minimum Gasteiger partial charge on any atom is -0.390 e. The molecule has 16 saturated carbocycles. The molecule has 16 aliphatic carbocycles. The Morgan fingerprint density at radius 3 is 1.16 bits per heavy atom. The van der Waals surface area contributed by atoms with Gasteiger partial charge < -0.3 is 35.4 Å². The van der Waals surface area contributed by atoms with Gasteiger partial charge in [-0.05, 0) is 469 Å². The molecule has 632 valence electrons. The third kappa shape index (κ3) is 23.2. The maximum absolute atomic E-state index is 11.1. The molecule has 8 nitrogen and oxygen atoms in total. The number of rotatable bonds is 15. The minimum atomic E-state index is -0.473. The van der Waals surface area contributed by atoms with Crippen molar-refractivity contribution in [2.45, 2.75) is 414 Å². The van der Waals surface area contributed by atoms with Crippen molar-refractivity contribution in [2.75, 3.05) is 0 Å². The summed E-state index contributed by atoms with van der Waals surface area (Å²) in [6.07, 6.45) is 38.0. The first-order chi connectivity index (χ1) is 49.7. The third-order valence-electron chi connectivity index (χ3n) is 36.4. The summed E-state index contributed by atoms with van der Waals surface area (Å²) < 4.78 is 0. The average Bonchev–Trinajstić information content (AvgIpc) is 1.60. The Balaban J connectivity index is 0.000000144. The predicted octanol–water partition coefficient (Wildman–Crippen LogP) is 24.5. The number of fused-ring (bicyclic) bond motifs is 16. The predicted molar refractivity (Wildman–Crippen MR) is 456 cm³/mol. The molecule has 8 heteroatoms. The maximum Gasteiger partial charge on any atom is 0.152 e. The van der Waals surface area contributed by atoms with Gasteiger partial charge in [0.25, 0.3) is 0 Å². The van der Waals surface area contributed by atoms with Crippen LogP contribution in [0.1, 0.15) is 381 Å². The largest absolute Gasteiger partial charge is 0.390 e. The van der Waals surface area contributed by atoms with E-state index in [1.165, 1.54) is 140 Å². The fourth-order valence-electron chi connectivity index (χ4n) is 29.9. The highest BCUT2D eigenvalue weighted by Crippen LogP contribution is 2.66. The first kappa shape index (κ1) is 91.7. The van der Waals surface area contributed by atoms with Gasteiger partial charge in [-0.15, -0.1) is 0 Å². The van der Waals surface area contributed by atoms with Crippen LogP contribution in [0.2, 0.25) is 0 Å². The van der Waals surface area contributed by atoms with Crippen molar-refractivity contribution in [1.29, 1.82) is 0 Å². The lowest BCUT2D eigenvalue weighted by Gasteiger charge is -2.41. The molecule has 16 bridgehead atoms. The van der Waals surface area contributed by atoms with Crippen LogP contribution in [0.3, 0.4) is 0 Å². The molecular weight excluding hydrogens is 1340 g/mol. The van der Waals surface area contributed by atoms with Gasteiger partial charge in [-0.3, -0.25) is 4.79 Å². The van der Waals surface area contributed by atoms with Crippen LogP contribution in [0, 0.1) is 199 Å². The summed E-state index contributed by atoms with van der Waals surface area (Å²) in [6, 6.07) is 0. The third-order valence-corrected chi connectivity index (χ3v) is 36.4. The summed E-state index contributed by atoms with van der Waals surface area (Å²) in [5.41, 5.74) is 0.839. The first-order valence-electron chi connectivity index (χ1n) is 46.7. The zero-order valence-electron chi connectivity index (χ0n) is 76.7. The molecule has 0 aromatic rings. The number of carbonyl (C=O) groups is 2. The van der Waals surface area contributed by atoms with Gasteiger partial charge in [0.2, 0.25) is 0 Å². The summed E-state index contributed by atoms with van der Waals surface area (Å²) in [5, 5.41) is 58.9. The van der Waals surface area contributed by atoms with Crippen molar-refractivity contribution < 1.29 is 40.2 Å².